The van der Waals surface area contributed by atoms with Crippen LogP contribution in [0.15, 0.2) is 90.2 Å². The molecule has 0 aliphatic carbocycles. The average Bonchev–Trinajstić information content (AvgIpc) is 3.30. The van der Waals surface area contributed by atoms with E-state index in [9.17, 15) is 9.90 Å². The maximum atomic E-state index is 11.3. The summed E-state index contributed by atoms with van der Waals surface area (Å²) in [7, 11) is 1.55. The monoisotopic (exact) mass is 486 g/mol. The second kappa shape index (κ2) is 12.0. The molecular formula is C29H30N2O5. The predicted molar refractivity (Wildman–Crippen MR) is 140 cm³/mol. The number of aromatic nitrogens is 1. The molecule has 3 aromatic carbocycles. The highest BCUT2D eigenvalue weighted by Crippen LogP contribution is 2.21. The van der Waals surface area contributed by atoms with E-state index in [0.29, 0.717) is 26.2 Å². The molecule has 0 saturated heterocycles. The maximum absolute atomic E-state index is 11.3. The Balaban J connectivity index is 1.39. The normalized spacial score (nSPS) is 12.4. The highest BCUT2D eigenvalue weighted by Gasteiger charge is 2.17. The SMILES string of the molecule is CCOC(Cc1ccc(OCCn2ccc3cc(/C(=N/OC)c4ccccc4)ccc32)cc1)C(=O)O. The lowest BCUT2D eigenvalue weighted by Crippen LogP contribution is -2.26. The van der Waals surface area contributed by atoms with Crippen molar-refractivity contribution in [1.29, 1.82) is 0 Å². The van der Waals surface area contributed by atoms with Crippen molar-refractivity contribution in [2.45, 2.75) is 26.0 Å². The highest BCUT2D eigenvalue weighted by atomic mass is 16.6. The summed E-state index contributed by atoms with van der Waals surface area (Å²) < 4.78 is 13.4. The van der Waals surface area contributed by atoms with Gasteiger partial charge < -0.3 is 24.0 Å². The molecule has 0 fully saturated rings. The number of benzene rings is 3. The van der Waals surface area contributed by atoms with Gasteiger partial charge in [0.1, 0.15) is 25.2 Å². The van der Waals surface area contributed by atoms with Crippen molar-refractivity contribution in [2.24, 2.45) is 5.16 Å². The van der Waals surface area contributed by atoms with Crippen LogP contribution in [0, 0.1) is 0 Å². The Hall–Kier alpha value is -4.10. The van der Waals surface area contributed by atoms with Gasteiger partial charge in [-0.15, -0.1) is 0 Å². The van der Waals surface area contributed by atoms with Crippen LogP contribution in [0.4, 0.5) is 0 Å². The largest absolute Gasteiger partial charge is 0.492 e. The maximum Gasteiger partial charge on any atom is 0.333 e. The fourth-order valence-electron chi connectivity index (χ4n) is 4.12. The van der Waals surface area contributed by atoms with Crippen LogP contribution in [0.25, 0.3) is 10.9 Å². The van der Waals surface area contributed by atoms with Crippen molar-refractivity contribution in [3.8, 4) is 5.75 Å². The van der Waals surface area contributed by atoms with Crippen LogP contribution in [0.1, 0.15) is 23.6 Å². The number of aliphatic carboxylic acids is 1. The zero-order valence-corrected chi connectivity index (χ0v) is 20.5. The van der Waals surface area contributed by atoms with Gasteiger partial charge in [0.25, 0.3) is 0 Å². The van der Waals surface area contributed by atoms with Crippen molar-refractivity contribution >= 4 is 22.6 Å². The summed E-state index contributed by atoms with van der Waals surface area (Å²) >= 11 is 0. The third-order valence-electron chi connectivity index (χ3n) is 5.86. The Kier molecular flexibility index (Phi) is 8.36. The fraction of sp³-hybridized carbons (Fsp3) is 0.241. The Morgan fingerprint density at radius 1 is 1.00 bits per heavy atom. The van der Waals surface area contributed by atoms with E-state index in [0.717, 1.165) is 39.1 Å². The van der Waals surface area contributed by atoms with Gasteiger partial charge in [0.15, 0.2) is 6.10 Å². The summed E-state index contributed by atoms with van der Waals surface area (Å²) in [6.07, 6.45) is 1.53. The highest BCUT2D eigenvalue weighted by molar-refractivity contribution is 6.13. The standard InChI is InChI=1S/C29H30N2O5/c1-3-35-27(29(32)33)19-21-9-12-25(13-10-21)36-18-17-31-16-15-23-20-24(11-14-26(23)31)28(30-34-2)22-7-5-4-6-8-22/h4-16,20,27H,3,17-19H2,1-2H3,(H,32,33)/b30-28+. The van der Waals surface area contributed by atoms with E-state index >= 15 is 0 Å². The van der Waals surface area contributed by atoms with Gasteiger partial charge in [-0.05, 0) is 42.8 Å². The number of nitrogens with zero attached hydrogens (tertiary/aromatic N) is 2. The van der Waals surface area contributed by atoms with E-state index in [-0.39, 0.29) is 0 Å². The number of hydrogen-bond donors (Lipinski definition) is 1. The number of oxime groups is 1. The Morgan fingerprint density at radius 2 is 1.78 bits per heavy atom. The second-order valence-corrected chi connectivity index (χ2v) is 8.25. The fourth-order valence-corrected chi connectivity index (χ4v) is 4.12. The third kappa shape index (κ3) is 6.12. The lowest BCUT2D eigenvalue weighted by Gasteiger charge is -2.13. The zero-order chi connectivity index (χ0) is 25.3. The summed E-state index contributed by atoms with van der Waals surface area (Å²) in [5.41, 5.74) is 4.77. The van der Waals surface area contributed by atoms with Gasteiger partial charge in [0.05, 0.1) is 6.54 Å². The molecule has 0 radical (unpaired) electrons. The topological polar surface area (TPSA) is 82.3 Å². The predicted octanol–water partition coefficient (Wildman–Crippen LogP) is 5.15. The van der Waals surface area contributed by atoms with Crippen LogP contribution in [-0.2, 0) is 27.3 Å². The minimum Gasteiger partial charge on any atom is -0.492 e. The van der Waals surface area contributed by atoms with E-state index in [1.54, 1.807) is 14.0 Å². The van der Waals surface area contributed by atoms with Gasteiger partial charge in [0.2, 0.25) is 0 Å². The first-order valence-corrected chi connectivity index (χ1v) is 11.9. The third-order valence-corrected chi connectivity index (χ3v) is 5.86. The van der Waals surface area contributed by atoms with Gasteiger partial charge in [-0.1, -0.05) is 53.7 Å². The number of carboxylic acid groups (broad SMARTS) is 1. The first-order valence-electron chi connectivity index (χ1n) is 11.9. The van der Waals surface area contributed by atoms with Crippen molar-refractivity contribution in [3.63, 3.8) is 0 Å². The van der Waals surface area contributed by atoms with Crippen molar-refractivity contribution in [2.75, 3.05) is 20.3 Å². The second-order valence-electron chi connectivity index (χ2n) is 8.25. The van der Waals surface area contributed by atoms with Gasteiger partial charge >= 0.3 is 5.97 Å². The Bertz CT molecular complexity index is 1310. The van der Waals surface area contributed by atoms with E-state index in [4.69, 9.17) is 14.3 Å². The summed E-state index contributed by atoms with van der Waals surface area (Å²) in [5, 5.41) is 14.6. The first kappa shape index (κ1) is 25.0. The van der Waals surface area contributed by atoms with Crippen LogP contribution >= 0.6 is 0 Å². The summed E-state index contributed by atoms with van der Waals surface area (Å²) in [6, 6.07) is 25.8. The molecule has 1 heterocycles. The van der Waals surface area contributed by atoms with E-state index in [1.165, 1.54) is 0 Å². The van der Waals surface area contributed by atoms with Crippen LogP contribution in [0.3, 0.4) is 0 Å². The minimum absolute atomic E-state index is 0.321. The van der Waals surface area contributed by atoms with E-state index in [2.05, 4.69) is 40.2 Å². The van der Waals surface area contributed by atoms with E-state index in [1.807, 2.05) is 54.6 Å². The number of rotatable bonds is 12. The molecule has 1 aromatic heterocycles. The molecule has 186 valence electrons. The molecule has 0 amide bonds. The summed E-state index contributed by atoms with van der Waals surface area (Å²) in [6.45, 7) is 3.34. The molecule has 1 N–H and O–H groups in total. The lowest BCUT2D eigenvalue weighted by atomic mass is 10.0. The molecule has 0 spiro atoms. The van der Waals surface area contributed by atoms with Crippen molar-refractivity contribution in [1.82, 2.24) is 4.57 Å². The number of fused-ring (bicyclic) bond motifs is 1. The number of carbonyl (C=O) groups is 1. The van der Waals surface area contributed by atoms with Gasteiger partial charge in [-0.25, -0.2) is 4.79 Å². The molecule has 0 aliphatic rings. The number of ether oxygens (including phenoxy) is 2. The molecule has 0 aliphatic heterocycles. The number of hydrogen-bond acceptors (Lipinski definition) is 5. The smallest absolute Gasteiger partial charge is 0.333 e. The summed E-state index contributed by atoms with van der Waals surface area (Å²) in [5.74, 6) is -0.213. The molecule has 0 bridgehead atoms. The lowest BCUT2D eigenvalue weighted by molar-refractivity contribution is -0.149. The minimum atomic E-state index is -0.953. The summed E-state index contributed by atoms with van der Waals surface area (Å²) in [4.78, 5) is 16.4. The van der Waals surface area contributed by atoms with Gasteiger partial charge in [-0.3, -0.25) is 0 Å². The van der Waals surface area contributed by atoms with Crippen LogP contribution in [-0.4, -0.2) is 47.8 Å². The zero-order valence-electron chi connectivity index (χ0n) is 20.5. The molecule has 4 rings (SSSR count). The molecule has 7 heteroatoms. The molecule has 7 nitrogen and oxygen atoms in total. The van der Waals surface area contributed by atoms with Gasteiger partial charge in [-0.2, -0.15) is 0 Å². The molecular weight excluding hydrogens is 456 g/mol. The molecule has 36 heavy (non-hydrogen) atoms. The average molecular weight is 487 g/mol. The van der Waals surface area contributed by atoms with Crippen LogP contribution in [0.5, 0.6) is 5.75 Å². The first-order chi connectivity index (χ1) is 17.6. The molecule has 1 atom stereocenters. The molecule has 0 saturated carbocycles. The molecule has 1 unspecified atom stereocenters. The Morgan fingerprint density at radius 3 is 2.47 bits per heavy atom. The van der Waals surface area contributed by atoms with Crippen molar-refractivity contribution < 1.29 is 24.2 Å². The van der Waals surface area contributed by atoms with Crippen LogP contribution < -0.4 is 4.74 Å². The Labute approximate surface area is 210 Å². The van der Waals surface area contributed by atoms with Gasteiger partial charge in [0, 0.05) is 41.3 Å². The van der Waals surface area contributed by atoms with Crippen molar-refractivity contribution in [3.05, 3.63) is 102 Å². The molecule has 4 aromatic rings. The number of carboxylic acids is 1. The van der Waals surface area contributed by atoms with Crippen LogP contribution in [0.2, 0.25) is 0 Å². The quantitative estimate of drug-likeness (QED) is 0.221. The van der Waals surface area contributed by atoms with E-state index < -0.39 is 12.1 Å².